The third kappa shape index (κ3) is 4.46. The van der Waals surface area contributed by atoms with Crippen molar-refractivity contribution >= 4 is 29.0 Å². The van der Waals surface area contributed by atoms with Crippen molar-refractivity contribution in [1.82, 2.24) is 14.9 Å². The number of carbonyl (C=O) groups is 1. The number of hydrogen-bond donors (Lipinski definition) is 3. The average molecular weight is 369 g/mol. The Morgan fingerprint density at radius 3 is 2.56 bits per heavy atom. The summed E-state index contributed by atoms with van der Waals surface area (Å²) in [5, 5.41) is 4.85. The normalized spacial score (nSPS) is 19.4. The van der Waals surface area contributed by atoms with Crippen LogP contribution in [0.4, 0.5) is 23.1 Å². The second-order valence-corrected chi connectivity index (χ2v) is 6.95. The third-order valence-electron chi connectivity index (χ3n) is 5.16. The highest BCUT2D eigenvalue weighted by Gasteiger charge is 2.25. The molecule has 1 aliphatic carbocycles. The molecule has 1 aromatic heterocycles. The van der Waals surface area contributed by atoms with Crippen molar-refractivity contribution in [2.75, 3.05) is 23.1 Å². The van der Waals surface area contributed by atoms with Gasteiger partial charge in [0, 0.05) is 38.3 Å². The predicted octanol–water partition coefficient (Wildman–Crippen LogP) is 2.27. The highest BCUT2D eigenvalue weighted by Crippen LogP contribution is 2.27. The van der Waals surface area contributed by atoms with Crippen LogP contribution in [0.5, 0.6) is 0 Å². The van der Waals surface area contributed by atoms with Gasteiger partial charge in [-0.15, -0.1) is 0 Å². The number of nitrogen functional groups attached to an aromatic ring is 1. The molecule has 0 spiro atoms. The summed E-state index contributed by atoms with van der Waals surface area (Å²) in [6, 6.07) is 9.72. The maximum atomic E-state index is 11.5. The van der Waals surface area contributed by atoms with Gasteiger partial charge in [-0.05, 0) is 37.8 Å². The molecule has 0 aliphatic heterocycles. The van der Waals surface area contributed by atoms with Crippen LogP contribution in [-0.2, 0) is 4.79 Å². The molecular formula is C19H27N7O. The Morgan fingerprint density at radius 2 is 1.89 bits per heavy atom. The van der Waals surface area contributed by atoms with Gasteiger partial charge in [0.15, 0.2) is 5.82 Å². The van der Waals surface area contributed by atoms with Gasteiger partial charge in [0.2, 0.25) is 11.9 Å². The monoisotopic (exact) mass is 369 g/mol. The van der Waals surface area contributed by atoms with Crippen LogP contribution in [0.1, 0.15) is 32.6 Å². The van der Waals surface area contributed by atoms with E-state index in [1.54, 1.807) is 25.3 Å². The molecule has 0 bridgehead atoms. The highest BCUT2D eigenvalue weighted by molar-refractivity contribution is 5.73. The van der Waals surface area contributed by atoms with Crippen molar-refractivity contribution < 1.29 is 4.79 Å². The van der Waals surface area contributed by atoms with Gasteiger partial charge in [0.25, 0.3) is 0 Å². The van der Waals surface area contributed by atoms with E-state index in [1.165, 1.54) is 5.01 Å². The number of nitrogens with one attached hydrogen (secondary N) is 1. The first kappa shape index (κ1) is 18.9. The summed E-state index contributed by atoms with van der Waals surface area (Å²) in [6.07, 6.45) is 5.55. The Bertz CT molecular complexity index is 789. The molecule has 8 nitrogen and oxygen atoms in total. The van der Waals surface area contributed by atoms with E-state index < -0.39 is 0 Å². The van der Waals surface area contributed by atoms with Gasteiger partial charge in [0.1, 0.15) is 0 Å². The van der Waals surface area contributed by atoms with Crippen LogP contribution in [-0.4, -0.2) is 39.9 Å². The van der Waals surface area contributed by atoms with Gasteiger partial charge >= 0.3 is 0 Å². The van der Waals surface area contributed by atoms with Gasteiger partial charge in [0.05, 0.1) is 11.4 Å². The minimum atomic E-state index is 0.116. The van der Waals surface area contributed by atoms with E-state index in [2.05, 4.69) is 15.3 Å². The number of nitrogens with two attached hydrogens (primary N) is 2. The Balaban J connectivity index is 1.63. The van der Waals surface area contributed by atoms with E-state index >= 15 is 0 Å². The molecule has 1 heterocycles. The first-order valence-electron chi connectivity index (χ1n) is 9.18. The second-order valence-electron chi connectivity index (χ2n) is 6.95. The summed E-state index contributed by atoms with van der Waals surface area (Å²) in [7, 11) is 1.87. The van der Waals surface area contributed by atoms with Gasteiger partial charge < -0.3 is 16.0 Å². The summed E-state index contributed by atoms with van der Waals surface area (Å²) in [5.41, 5.74) is 7.27. The zero-order valence-electron chi connectivity index (χ0n) is 15.8. The van der Waals surface area contributed by atoms with Crippen molar-refractivity contribution in [2.45, 2.75) is 44.7 Å². The van der Waals surface area contributed by atoms with Crippen LogP contribution in [0.25, 0.3) is 0 Å². The maximum absolute atomic E-state index is 11.5. The van der Waals surface area contributed by atoms with E-state index in [1.807, 2.05) is 30.1 Å². The molecule has 144 valence electrons. The molecule has 0 saturated heterocycles. The number of hydrogen-bond acceptors (Lipinski definition) is 7. The van der Waals surface area contributed by atoms with Gasteiger partial charge in [-0.1, -0.05) is 12.1 Å². The summed E-state index contributed by atoms with van der Waals surface area (Å²) >= 11 is 0. The smallest absolute Gasteiger partial charge is 0.224 e. The Labute approximate surface area is 159 Å². The van der Waals surface area contributed by atoms with Crippen LogP contribution < -0.4 is 21.9 Å². The van der Waals surface area contributed by atoms with E-state index in [9.17, 15) is 4.79 Å². The standard InChI is InChI=1S/C19H27N7O/c1-13(27)25(2)15-9-7-14(8-10-15)23-19-22-12-11-18(24-19)26(21)17-6-4-3-5-16(17)20/h3-6,11-12,14-15H,7-10,20-21H2,1-2H3,(H,22,23,24). The molecule has 1 fully saturated rings. The molecule has 3 rings (SSSR count). The fourth-order valence-electron chi connectivity index (χ4n) is 3.43. The number of aromatic nitrogens is 2. The number of rotatable bonds is 5. The quantitative estimate of drug-likeness (QED) is 0.421. The lowest BCUT2D eigenvalue weighted by Gasteiger charge is -2.34. The number of para-hydroxylation sites is 2. The molecule has 0 radical (unpaired) electrons. The number of hydrazine groups is 1. The molecule has 1 aromatic carbocycles. The molecule has 2 aromatic rings. The summed E-state index contributed by atoms with van der Waals surface area (Å²) in [4.78, 5) is 22.2. The molecule has 1 aliphatic rings. The number of nitrogens with zero attached hydrogens (tertiary/aromatic N) is 4. The summed E-state index contributed by atoms with van der Waals surface area (Å²) in [6.45, 7) is 1.61. The van der Waals surface area contributed by atoms with Crippen LogP contribution in [0.2, 0.25) is 0 Å². The second kappa shape index (κ2) is 8.22. The molecule has 8 heteroatoms. The first-order valence-corrected chi connectivity index (χ1v) is 9.18. The van der Waals surface area contributed by atoms with E-state index in [-0.39, 0.29) is 11.9 Å². The SMILES string of the molecule is CC(=O)N(C)C1CCC(Nc2nccc(N(N)c3ccccc3N)n2)CC1. The van der Waals surface area contributed by atoms with Crippen LogP contribution in [0.3, 0.4) is 0 Å². The largest absolute Gasteiger partial charge is 0.397 e. The van der Waals surface area contributed by atoms with Crippen molar-refractivity contribution in [1.29, 1.82) is 0 Å². The summed E-state index contributed by atoms with van der Waals surface area (Å²) in [5.74, 6) is 7.42. The van der Waals surface area contributed by atoms with Crippen molar-refractivity contribution in [3.05, 3.63) is 36.5 Å². The number of amides is 1. The minimum absolute atomic E-state index is 0.116. The van der Waals surface area contributed by atoms with Crippen molar-refractivity contribution in [3.63, 3.8) is 0 Å². The topological polar surface area (TPSA) is 113 Å². The number of carbonyl (C=O) groups excluding carboxylic acids is 1. The van der Waals surface area contributed by atoms with Crippen LogP contribution >= 0.6 is 0 Å². The Hall–Kier alpha value is -2.87. The van der Waals surface area contributed by atoms with Crippen molar-refractivity contribution in [2.24, 2.45) is 5.84 Å². The average Bonchev–Trinajstić information content (AvgIpc) is 2.68. The molecule has 1 amide bonds. The minimum Gasteiger partial charge on any atom is -0.397 e. The fraction of sp³-hybridized carbons (Fsp3) is 0.421. The first-order chi connectivity index (χ1) is 13.0. The molecule has 5 N–H and O–H groups in total. The van der Waals surface area contributed by atoms with Gasteiger partial charge in [-0.2, -0.15) is 4.98 Å². The molecule has 0 unspecified atom stereocenters. The van der Waals surface area contributed by atoms with E-state index in [4.69, 9.17) is 11.6 Å². The Kier molecular flexibility index (Phi) is 5.75. The third-order valence-corrected chi connectivity index (χ3v) is 5.16. The van der Waals surface area contributed by atoms with Gasteiger partial charge in [-0.25, -0.2) is 10.8 Å². The fourth-order valence-corrected chi connectivity index (χ4v) is 3.43. The predicted molar refractivity (Wildman–Crippen MR) is 107 cm³/mol. The van der Waals surface area contributed by atoms with E-state index in [0.717, 1.165) is 25.7 Å². The van der Waals surface area contributed by atoms with Crippen LogP contribution in [0.15, 0.2) is 36.5 Å². The maximum Gasteiger partial charge on any atom is 0.224 e. The molecule has 1 saturated carbocycles. The molecule has 27 heavy (non-hydrogen) atoms. The molecule has 0 atom stereocenters. The van der Waals surface area contributed by atoms with E-state index in [0.29, 0.717) is 29.2 Å². The lowest BCUT2D eigenvalue weighted by atomic mass is 9.90. The zero-order valence-corrected chi connectivity index (χ0v) is 15.8. The number of benzene rings is 1. The zero-order chi connectivity index (χ0) is 19.4. The lowest BCUT2D eigenvalue weighted by Crippen LogP contribution is -2.40. The highest BCUT2D eigenvalue weighted by atomic mass is 16.2. The Morgan fingerprint density at radius 1 is 1.19 bits per heavy atom. The van der Waals surface area contributed by atoms with Crippen LogP contribution in [0, 0.1) is 0 Å². The lowest BCUT2D eigenvalue weighted by molar-refractivity contribution is -0.130. The molecular weight excluding hydrogens is 342 g/mol. The summed E-state index contributed by atoms with van der Waals surface area (Å²) < 4.78 is 0. The van der Waals surface area contributed by atoms with Gasteiger partial charge in [-0.3, -0.25) is 9.80 Å². The number of anilines is 4. The van der Waals surface area contributed by atoms with Crippen molar-refractivity contribution in [3.8, 4) is 0 Å².